The van der Waals surface area contributed by atoms with E-state index >= 15 is 0 Å². The van der Waals surface area contributed by atoms with E-state index in [9.17, 15) is 0 Å². The zero-order valence-corrected chi connectivity index (χ0v) is 12.9. The molecule has 110 valence electrons. The van der Waals surface area contributed by atoms with Gasteiger partial charge in [0.2, 0.25) is 0 Å². The molecule has 0 saturated carbocycles. The van der Waals surface area contributed by atoms with Gasteiger partial charge in [-0.15, -0.1) is 11.3 Å². The van der Waals surface area contributed by atoms with Gasteiger partial charge in [-0.3, -0.25) is 0 Å². The predicted octanol–water partition coefficient (Wildman–Crippen LogP) is 4.40. The molecule has 4 heteroatoms. The van der Waals surface area contributed by atoms with Gasteiger partial charge in [0.25, 0.3) is 0 Å². The lowest BCUT2D eigenvalue weighted by Crippen LogP contribution is -2.13. The van der Waals surface area contributed by atoms with Crippen molar-refractivity contribution in [3.63, 3.8) is 0 Å². The van der Waals surface area contributed by atoms with Crippen molar-refractivity contribution in [2.75, 3.05) is 0 Å². The second-order valence-electron chi connectivity index (χ2n) is 5.19. The van der Waals surface area contributed by atoms with E-state index in [4.69, 9.17) is 9.94 Å². The topological polar surface area (TPSA) is 41.8 Å². The number of rotatable bonds is 4. The van der Waals surface area contributed by atoms with Gasteiger partial charge in [0.15, 0.2) is 0 Å². The Bertz CT molecular complexity index is 661. The molecule has 0 unspecified atom stereocenters. The summed E-state index contributed by atoms with van der Waals surface area (Å²) in [6, 6.07) is 10.3. The van der Waals surface area contributed by atoms with Crippen molar-refractivity contribution in [1.29, 1.82) is 0 Å². The highest BCUT2D eigenvalue weighted by atomic mass is 32.1. The molecule has 0 saturated heterocycles. The third-order valence-corrected chi connectivity index (χ3v) is 5.04. The van der Waals surface area contributed by atoms with Crippen molar-refractivity contribution in [1.82, 2.24) is 0 Å². The van der Waals surface area contributed by atoms with Gasteiger partial charge in [-0.05, 0) is 43.9 Å². The molecule has 1 aliphatic carbocycles. The van der Waals surface area contributed by atoms with E-state index in [0.29, 0.717) is 6.61 Å². The lowest BCUT2D eigenvalue weighted by molar-refractivity contribution is 0.305. The lowest BCUT2D eigenvalue weighted by Gasteiger charge is -2.20. The Labute approximate surface area is 128 Å². The van der Waals surface area contributed by atoms with Gasteiger partial charge >= 0.3 is 0 Å². The Morgan fingerprint density at radius 2 is 2.05 bits per heavy atom. The van der Waals surface area contributed by atoms with Crippen LogP contribution in [0.25, 0.3) is 0 Å². The number of hydrogen-bond donors (Lipinski definition) is 1. The first-order valence-corrected chi connectivity index (χ1v) is 8.17. The van der Waals surface area contributed by atoms with E-state index in [2.05, 4.69) is 24.2 Å². The number of nitrogens with zero attached hydrogens (tertiary/aromatic N) is 1. The number of aryl methyl sites for hydroxylation is 1. The first-order valence-electron chi connectivity index (χ1n) is 7.35. The molecule has 0 fully saturated rings. The molecular formula is C17H19NO2S. The predicted molar refractivity (Wildman–Crippen MR) is 85.7 cm³/mol. The van der Waals surface area contributed by atoms with Crippen LogP contribution in [-0.2, 0) is 19.4 Å². The largest absolute Gasteiger partial charge is 0.488 e. The number of hydrogen-bond acceptors (Lipinski definition) is 4. The van der Waals surface area contributed by atoms with Gasteiger partial charge < -0.3 is 9.94 Å². The molecule has 3 nitrogen and oxygen atoms in total. The second kappa shape index (κ2) is 6.31. The van der Waals surface area contributed by atoms with Crippen molar-refractivity contribution in [2.24, 2.45) is 5.16 Å². The monoisotopic (exact) mass is 301 g/mol. The van der Waals surface area contributed by atoms with Crippen molar-refractivity contribution in [2.45, 2.75) is 39.2 Å². The molecule has 1 aromatic heterocycles. The lowest BCUT2D eigenvalue weighted by atomic mass is 9.89. The normalized spacial score (nSPS) is 16.0. The van der Waals surface area contributed by atoms with Gasteiger partial charge in [0.1, 0.15) is 12.4 Å². The number of thiophene rings is 1. The number of oxime groups is 1. The van der Waals surface area contributed by atoms with Crippen LogP contribution in [0.2, 0.25) is 0 Å². The first-order chi connectivity index (χ1) is 10.3. The summed E-state index contributed by atoms with van der Waals surface area (Å²) in [6.45, 7) is 2.77. The van der Waals surface area contributed by atoms with Crippen LogP contribution in [0.4, 0.5) is 0 Å². The zero-order valence-electron chi connectivity index (χ0n) is 12.1. The molecule has 0 amide bonds. The average Bonchev–Trinajstić information content (AvgIpc) is 3.00. The van der Waals surface area contributed by atoms with Gasteiger partial charge in [0, 0.05) is 20.9 Å². The van der Waals surface area contributed by atoms with Crippen LogP contribution in [0.1, 0.15) is 40.6 Å². The van der Waals surface area contributed by atoms with Crippen molar-refractivity contribution >= 4 is 17.0 Å². The van der Waals surface area contributed by atoms with Crippen LogP contribution in [0.3, 0.4) is 0 Å². The smallest absolute Gasteiger partial charge is 0.123 e. The van der Waals surface area contributed by atoms with Crippen molar-refractivity contribution in [3.8, 4) is 5.75 Å². The minimum atomic E-state index is 0.604. The van der Waals surface area contributed by atoms with Crippen molar-refractivity contribution in [3.05, 3.63) is 51.2 Å². The molecule has 1 N–H and O–H groups in total. The fourth-order valence-electron chi connectivity index (χ4n) is 2.74. The molecule has 1 heterocycles. The number of benzene rings is 1. The molecule has 0 bridgehead atoms. The molecular weight excluding hydrogens is 282 g/mol. The van der Waals surface area contributed by atoms with Crippen LogP contribution in [0, 0.1) is 0 Å². The number of fused-ring (bicyclic) bond motifs is 1. The minimum absolute atomic E-state index is 0.604. The van der Waals surface area contributed by atoms with E-state index in [1.54, 1.807) is 11.3 Å². The molecule has 3 rings (SSSR count). The van der Waals surface area contributed by atoms with E-state index < -0.39 is 0 Å². The Hall–Kier alpha value is -1.81. The molecule has 0 spiro atoms. The highest BCUT2D eigenvalue weighted by Crippen LogP contribution is 2.31. The Morgan fingerprint density at radius 3 is 2.81 bits per heavy atom. The summed E-state index contributed by atoms with van der Waals surface area (Å²) in [4.78, 5) is 2.63. The zero-order chi connectivity index (χ0) is 14.7. The van der Waals surface area contributed by atoms with Crippen LogP contribution in [0.5, 0.6) is 5.75 Å². The minimum Gasteiger partial charge on any atom is -0.488 e. The van der Waals surface area contributed by atoms with E-state index in [1.165, 1.54) is 15.3 Å². The summed E-state index contributed by atoms with van der Waals surface area (Å²) in [6.07, 6.45) is 3.89. The summed E-state index contributed by atoms with van der Waals surface area (Å²) in [7, 11) is 0. The Balaban J connectivity index is 1.80. The maximum Gasteiger partial charge on any atom is 0.123 e. The molecule has 0 radical (unpaired) electrons. The fraction of sp³-hybridized carbons (Fsp3) is 0.353. The summed E-state index contributed by atoms with van der Waals surface area (Å²) >= 11 is 1.81. The quantitative estimate of drug-likeness (QED) is 0.671. The van der Waals surface area contributed by atoms with E-state index in [0.717, 1.165) is 42.7 Å². The summed E-state index contributed by atoms with van der Waals surface area (Å²) < 4.78 is 6.01. The maximum atomic E-state index is 9.12. The SMILES string of the molecule is CCc1ccc(COc2cccc3c2CCCC3=NO)s1. The second-order valence-corrected chi connectivity index (χ2v) is 6.45. The standard InChI is InChI=1S/C17H19NO2S/c1-2-12-9-10-13(21-12)11-20-17-8-4-5-14-15(17)6-3-7-16(14)18-19/h4-5,8-10,19H,2-3,6-7,11H2,1H3. The fourth-order valence-corrected chi connectivity index (χ4v) is 3.61. The molecule has 0 atom stereocenters. The molecule has 0 aliphatic heterocycles. The van der Waals surface area contributed by atoms with Gasteiger partial charge in [0.05, 0.1) is 5.71 Å². The molecule has 2 aromatic rings. The Kier molecular flexibility index (Phi) is 4.25. The Morgan fingerprint density at radius 1 is 1.19 bits per heavy atom. The first kappa shape index (κ1) is 14.1. The van der Waals surface area contributed by atoms with Crippen molar-refractivity contribution < 1.29 is 9.94 Å². The van der Waals surface area contributed by atoms with E-state index in [-0.39, 0.29) is 0 Å². The third kappa shape index (κ3) is 2.95. The van der Waals surface area contributed by atoms with Crippen LogP contribution in [0.15, 0.2) is 35.5 Å². The third-order valence-electron chi connectivity index (χ3n) is 3.84. The molecule has 1 aliphatic rings. The van der Waals surface area contributed by atoms with Gasteiger partial charge in [-0.1, -0.05) is 24.2 Å². The van der Waals surface area contributed by atoms with Crippen LogP contribution < -0.4 is 4.74 Å². The van der Waals surface area contributed by atoms with Crippen LogP contribution in [-0.4, -0.2) is 10.9 Å². The molecule has 21 heavy (non-hydrogen) atoms. The summed E-state index contributed by atoms with van der Waals surface area (Å²) in [5.41, 5.74) is 2.97. The summed E-state index contributed by atoms with van der Waals surface area (Å²) in [5, 5.41) is 12.5. The highest BCUT2D eigenvalue weighted by molar-refractivity contribution is 7.11. The summed E-state index contributed by atoms with van der Waals surface area (Å²) in [5.74, 6) is 0.916. The van der Waals surface area contributed by atoms with Crippen LogP contribution >= 0.6 is 11.3 Å². The highest BCUT2D eigenvalue weighted by Gasteiger charge is 2.19. The maximum absolute atomic E-state index is 9.12. The van der Waals surface area contributed by atoms with Gasteiger partial charge in [-0.25, -0.2) is 0 Å². The number of ether oxygens (including phenoxy) is 1. The van der Waals surface area contributed by atoms with Gasteiger partial charge in [-0.2, -0.15) is 0 Å². The molecule has 1 aromatic carbocycles. The van der Waals surface area contributed by atoms with E-state index in [1.807, 2.05) is 18.2 Å². The average molecular weight is 301 g/mol.